The molecule has 3 aromatic rings. The highest BCUT2D eigenvalue weighted by atomic mass is 16.5. The minimum absolute atomic E-state index is 0.0778. The SMILES string of the molecule is COc1cnc(-c2ccc(-c3cc(CC(=O)O)ccc3OC)c(CNCCC(=O)C3CC3)c2)nc1. The standard InChI is InChI=1S/C27H29N3O5/c1-34-21-15-29-27(30-16-21)19-6-7-22(20(13-19)14-28-10-9-24(31)18-4-5-18)23-11-17(12-26(32)33)3-8-25(23)35-2/h3,6-8,11,13,15-16,18,28H,4-5,9-10,12,14H2,1-2H3,(H,32,33). The Morgan fingerprint density at radius 3 is 2.46 bits per heavy atom. The van der Waals surface area contributed by atoms with Gasteiger partial charge < -0.3 is 19.9 Å². The lowest BCUT2D eigenvalue weighted by Crippen LogP contribution is -2.19. The molecule has 0 spiro atoms. The van der Waals surface area contributed by atoms with Crippen LogP contribution in [0.3, 0.4) is 0 Å². The Hall–Kier alpha value is -3.78. The first-order valence-electron chi connectivity index (χ1n) is 11.6. The number of benzene rings is 2. The normalized spacial score (nSPS) is 12.9. The summed E-state index contributed by atoms with van der Waals surface area (Å²) < 4.78 is 10.8. The van der Waals surface area contributed by atoms with Crippen LogP contribution in [-0.2, 0) is 22.6 Å². The highest BCUT2D eigenvalue weighted by Crippen LogP contribution is 2.35. The maximum atomic E-state index is 12.1. The van der Waals surface area contributed by atoms with Crippen molar-refractivity contribution < 1.29 is 24.2 Å². The van der Waals surface area contributed by atoms with Crippen molar-refractivity contribution in [1.82, 2.24) is 15.3 Å². The van der Waals surface area contributed by atoms with Crippen LogP contribution >= 0.6 is 0 Å². The van der Waals surface area contributed by atoms with Gasteiger partial charge in [-0.15, -0.1) is 0 Å². The molecule has 1 aliphatic rings. The van der Waals surface area contributed by atoms with Crippen LogP contribution in [0.25, 0.3) is 22.5 Å². The second-order valence-corrected chi connectivity index (χ2v) is 8.59. The lowest BCUT2D eigenvalue weighted by molar-refractivity contribution is -0.136. The number of carbonyl (C=O) groups excluding carboxylic acids is 1. The number of nitrogens with zero attached hydrogens (tertiary/aromatic N) is 2. The number of rotatable bonds is 12. The molecule has 0 amide bonds. The van der Waals surface area contributed by atoms with Gasteiger partial charge >= 0.3 is 5.97 Å². The number of ether oxygens (including phenoxy) is 2. The fraction of sp³-hybridized carbons (Fsp3) is 0.333. The summed E-state index contributed by atoms with van der Waals surface area (Å²) in [5.74, 6) is 1.47. The third-order valence-corrected chi connectivity index (χ3v) is 6.03. The number of hydrogen-bond donors (Lipinski definition) is 2. The van der Waals surface area contributed by atoms with Crippen LogP contribution in [0, 0.1) is 5.92 Å². The van der Waals surface area contributed by atoms with E-state index in [-0.39, 0.29) is 12.3 Å². The Morgan fingerprint density at radius 2 is 1.80 bits per heavy atom. The molecule has 182 valence electrons. The molecule has 2 aromatic carbocycles. The number of ketones is 1. The molecule has 2 N–H and O–H groups in total. The van der Waals surface area contributed by atoms with Gasteiger partial charge in [-0.1, -0.05) is 18.2 Å². The number of hydrogen-bond acceptors (Lipinski definition) is 7. The molecule has 1 aliphatic carbocycles. The van der Waals surface area contributed by atoms with Crippen molar-refractivity contribution in [2.45, 2.75) is 32.2 Å². The largest absolute Gasteiger partial charge is 0.496 e. The Bertz CT molecular complexity index is 1210. The van der Waals surface area contributed by atoms with Crippen LogP contribution in [0.15, 0.2) is 48.8 Å². The highest BCUT2D eigenvalue weighted by Gasteiger charge is 2.28. The molecule has 0 bridgehead atoms. The molecule has 8 heteroatoms. The molecule has 1 aromatic heterocycles. The fourth-order valence-electron chi connectivity index (χ4n) is 4.01. The zero-order valence-corrected chi connectivity index (χ0v) is 19.9. The summed E-state index contributed by atoms with van der Waals surface area (Å²) >= 11 is 0. The topological polar surface area (TPSA) is 111 Å². The molecule has 1 saturated carbocycles. The van der Waals surface area contributed by atoms with E-state index in [4.69, 9.17) is 9.47 Å². The van der Waals surface area contributed by atoms with Crippen molar-refractivity contribution in [3.05, 3.63) is 59.9 Å². The lowest BCUT2D eigenvalue weighted by atomic mass is 9.94. The number of Topliss-reactive ketones (excluding diaryl/α,β-unsaturated/α-hetero) is 1. The molecular formula is C27H29N3O5. The van der Waals surface area contributed by atoms with Gasteiger partial charge in [0.25, 0.3) is 0 Å². The number of aromatic nitrogens is 2. The van der Waals surface area contributed by atoms with Crippen molar-refractivity contribution in [2.24, 2.45) is 5.92 Å². The molecule has 0 saturated heterocycles. The van der Waals surface area contributed by atoms with Gasteiger partial charge in [-0.05, 0) is 47.7 Å². The van der Waals surface area contributed by atoms with Crippen molar-refractivity contribution >= 4 is 11.8 Å². The van der Waals surface area contributed by atoms with Gasteiger partial charge in [-0.2, -0.15) is 0 Å². The zero-order chi connectivity index (χ0) is 24.8. The van der Waals surface area contributed by atoms with E-state index in [1.54, 1.807) is 38.7 Å². The van der Waals surface area contributed by atoms with E-state index in [0.717, 1.165) is 35.1 Å². The quantitative estimate of drug-likeness (QED) is 0.379. The monoisotopic (exact) mass is 475 g/mol. The first-order chi connectivity index (χ1) is 17.0. The summed E-state index contributed by atoms with van der Waals surface area (Å²) in [6.07, 6.45) is 5.70. The third kappa shape index (κ3) is 6.22. The Labute approximate surface area is 204 Å². The van der Waals surface area contributed by atoms with Crippen molar-refractivity contribution in [2.75, 3.05) is 20.8 Å². The van der Waals surface area contributed by atoms with Gasteiger partial charge in [0.15, 0.2) is 11.6 Å². The van der Waals surface area contributed by atoms with Gasteiger partial charge in [0.05, 0.1) is 33.0 Å². The second kappa shape index (κ2) is 11.1. The molecule has 1 fully saturated rings. The number of aliphatic carboxylic acids is 1. The summed E-state index contributed by atoms with van der Waals surface area (Å²) in [4.78, 5) is 32.1. The van der Waals surface area contributed by atoms with E-state index in [0.29, 0.717) is 48.2 Å². The van der Waals surface area contributed by atoms with Crippen LogP contribution in [0.5, 0.6) is 11.5 Å². The first-order valence-corrected chi connectivity index (χ1v) is 11.6. The first kappa shape index (κ1) is 24.3. The van der Waals surface area contributed by atoms with Crippen molar-refractivity contribution in [3.63, 3.8) is 0 Å². The van der Waals surface area contributed by atoms with Gasteiger partial charge in [-0.25, -0.2) is 9.97 Å². The molecule has 4 rings (SSSR count). The Morgan fingerprint density at radius 1 is 1.03 bits per heavy atom. The van der Waals surface area contributed by atoms with Gasteiger partial charge in [0, 0.05) is 36.6 Å². The average Bonchev–Trinajstić information content (AvgIpc) is 3.72. The lowest BCUT2D eigenvalue weighted by Gasteiger charge is -2.16. The highest BCUT2D eigenvalue weighted by molar-refractivity contribution is 5.83. The van der Waals surface area contributed by atoms with Gasteiger partial charge in [-0.3, -0.25) is 9.59 Å². The number of carboxylic acid groups (broad SMARTS) is 1. The predicted molar refractivity (Wildman–Crippen MR) is 131 cm³/mol. The smallest absolute Gasteiger partial charge is 0.307 e. The molecule has 0 aliphatic heterocycles. The zero-order valence-electron chi connectivity index (χ0n) is 19.9. The summed E-state index contributed by atoms with van der Waals surface area (Å²) in [5.41, 5.74) is 4.20. The number of carboxylic acids is 1. The maximum Gasteiger partial charge on any atom is 0.307 e. The van der Waals surface area contributed by atoms with Crippen molar-refractivity contribution in [1.29, 1.82) is 0 Å². The Balaban J connectivity index is 1.66. The summed E-state index contributed by atoms with van der Waals surface area (Å²) in [5, 5.41) is 12.6. The molecule has 1 heterocycles. The summed E-state index contributed by atoms with van der Waals surface area (Å²) in [6, 6.07) is 11.3. The van der Waals surface area contributed by atoms with E-state index in [9.17, 15) is 14.7 Å². The van der Waals surface area contributed by atoms with Crippen LogP contribution in [0.4, 0.5) is 0 Å². The van der Waals surface area contributed by atoms with Crippen molar-refractivity contribution in [3.8, 4) is 34.0 Å². The van der Waals surface area contributed by atoms with E-state index in [1.807, 2.05) is 24.3 Å². The molecule has 0 unspecified atom stereocenters. The average molecular weight is 476 g/mol. The molecular weight excluding hydrogens is 446 g/mol. The van der Waals surface area contributed by atoms with Gasteiger partial charge in [0.2, 0.25) is 0 Å². The predicted octanol–water partition coefficient (Wildman–Crippen LogP) is 3.91. The maximum absolute atomic E-state index is 12.1. The molecule has 8 nitrogen and oxygen atoms in total. The molecule has 0 radical (unpaired) electrons. The Kier molecular flexibility index (Phi) is 7.72. The fourth-order valence-corrected chi connectivity index (χ4v) is 4.01. The summed E-state index contributed by atoms with van der Waals surface area (Å²) in [7, 11) is 3.16. The number of methoxy groups -OCH3 is 2. The summed E-state index contributed by atoms with van der Waals surface area (Å²) in [6.45, 7) is 1.11. The number of carbonyl (C=O) groups is 2. The van der Waals surface area contributed by atoms with E-state index < -0.39 is 5.97 Å². The van der Waals surface area contributed by atoms with Crippen LogP contribution < -0.4 is 14.8 Å². The van der Waals surface area contributed by atoms with Crippen LogP contribution in [0.2, 0.25) is 0 Å². The molecule has 35 heavy (non-hydrogen) atoms. The third-order valence-electron chi connectivity index (χ3n) is 6.03. The minimum atomic E-state index is -0.893. The van der Waals surface area contributed by atoms with E-state index in [1.165, 1.54) is 0 Å². The second-order valence-electron chi connectivity index (χ2n) is 8.59. The van der Waals surface area contributed by atoms with Crippen LogP contribution in [-0.4, -0.2) is 47.6 Å². The molecule has 0 atom stereocenters. The van der Waals surface area contributed by atoms with E-state index in [2.05, 4.69) is 15.3 Å². The van der Waals surface area contributed by atoms with Gasteiger partial charge in [0.1, 0.15) is 11.5 Å². The minimum Gasteiger partial charge on any atom is -0.496 e. The van der Waals surface area contributed by atoms with E-state index >= 15 is 0 Å². The van der Waals surface area contributed by atoms with Crippen LogP contribution in [0.1, 0.15) is 30.4 Å². The number of nitrogens with one attached hydrogen (secondary N) is 1.